The molecule has 0 saturated carbocycles. The predicted octanol–water partition coefficient (Wildman–Crippen LogP) is 6.23. The molecule has 2 amide bonds. The highest BCUT2D eigenvalue weighted by atomic mass is 31.2. The molecule has 0 aliphatic carbocycles. The van der Waals surface area contributed by atoms with Gasteiger partial charge in [-0.3, -0.25) is 14.2 Å². The summed E-state index contributed by atoms with van der Waals surface area (Å²) in [6, 6.07) is 32.3. The first kappa shape index (κ1) is 30.7. The summed E-state index contributed by atoms with van der Waals surface area (Å²) in [5.74, 6) is -0.278. The molecule has 1 fully saturated rings. The maximum absolute atomic E-state index is 13.8. The lowest BCUT2D eigenvalue weighted by atomic mass is 9.91. The number of nitrogens with zero attached hydrogens (tertiary/aromatic N) is 1. The number of aliphatic hydroxyl groups is 1. The van der Waals surface area contributed by atoms with Crippen molar-refractivity contribution in [1.29, 1.82) is 0 Å². The van der Waals surface area contributed by atoms with Gasteiger partial charge in [-0.2, -0.15) is 0 Å². The van der Waals surface area contributed by atoms with E-state index in [2.05, 4.69) is 5.32 Å². The highest BCUT2D eigenvalue weighted by molar-refractivity contribution is 7.52. The molecule has 0 spiro atoms. The smallest absolute Gasteiger partial charge is 0.335 e. The summed E-state index contributed by atoms with van der Waals surface area (Å²) in [5, 5.41) is 17.7. The summed E-state index contributed by atoms with van der Waals surface area (Å²) in [6.45, 7) is 1.55. The van der Waals surface area contributed by atoms with Crippen molar-refractivity contribution in [3.8, 4) is 0 Å². The number of fused-ring (bicyclic) bond motifs is 2. The van der Waals surface area contributed by atoms with Crippen LogP contribution in [0.4, 0.5) is 0 Å². The molecular formula is C36H35N2O6P. The number of carbonyl (C=O) groups excluding carboxylic acids is 2. The Bertz CT molecular complexity index is 1890. The molecular weight excluding hydrogens is 587 g/mol. The highest BCUT2D eigenvalue weighted by Crippen LogP contribution is 2.59. The molecule has 1 aliphatic rings. The van der Waals surface area contributed by atoms with Gasteiger partial charge in [0.25, 0.3) is 11.8 Å². The lowest BCUT2D eigenvalue weighted by Crippen LogP contribution is -2.41. The maximum atomic E-state index is 13.8. The van der Waals surface area contributed by atoms with Crippen LogP contribution in [0.2, 0.25) is 0 Å². The molecule has 1 aliphatic heterocycles. The van der Waals surface area contributed by atoms with E-state index in [1.165, 1.54) is 0 Å². The van der Waals surface area contributed by atoms with Crippen molar-refractivity contribution in [3.05, 3.63) is 131 Å². The van der Waals surface area contributed by atoms with E-state index < -0.39 is 25.3 Å². The third-order valence-corrected chi connectivity index (χ3v) is 10.0. The molecule has 9 heteroatoms. The van der Waals surface area contributed by atoms with E-state index in [4.69, 9.17) is 0 Å². The van der Waals surface area contributed by atoms with Crippen LogP contribution in [0.5, 0.6) is 0 Å². The quantitative estimate of drug-likeness (QED) is 0.152. The zero-order chi connectivity index (χ0) is 31.6. The Morgan fingerprint density at radius 1 is 0.778 bits per heavy atom. The Kier molecular flexibility index (Phi) is 8.83. The van der Waals surface area contributed by atoms with Crippen LogP contribution in [0.3, 0.4) is 0 Å². The number of carbonyl (C=O) groups is 2. The number of hydrogen-bond acceptors (Lipinski definition) is 4. The van der Waals surface area contributed by atoms with Gasteiger partial charge in [-0.25, -0.2) is 0 Å². The molecule has 0 bridgehead atoms. The van der Waals surface area contributed by atoms with Gasteiger partial charge in [0, 0.05) is 30.8 Å². The van der Waals surface area contributed by atoms with E-state index in [-0.39, 0.29) is 23.0 Å². The standard InChI is InChI=1S/C36H35N2O6P/c39-33(34(45(42,43)44)30-16-8-14-25-9-6-7-15-29(25)30)31-21-27-12-4-5-13-28(27)22-32(31)35(40)37-23-24-17-19-38(20-18-24)36(41)26-10-2-1-3-11-26/h1-16,21-22,24,33-34,39H,17-20,23H2,(H,37,40)(H2,42,43,44). The number of benzene rings is 5. The second kappa shape index (κ2) is 13.0. The zero-order valence-corrected chi connectivity index (χ0v) is 25.5. The molecule has 4 N–H and O–H groups in total. The highest BCUT2D eigenvalue weighted by Gasteiger charge is 2.40. The molecule has 230 valence electrons. The Hall–Kier alpha value is -4.33. The van der Waals surface area contributed by atoms with Crippen molar-refractivity contribution in [3.63, 3.8) is 0 Å². The summed E-state index contributed by atoms with van der Waals surface area (Å²) >= 11 is 0. The third-order valence-electron chi connectivity index (χ3n) is 8.76. The summed E-state index contributed by atoms with van der Waals surface area (Å²) in [6.07, 6.45) is -0.213. The molecule has 1 saturated heterocycles. The van der Waals surface area contributed by atoms with Gasteiger partial charge in [0.05, 0.1) is 6.10 Å². The van der Waals surface area contributed by atoms with Gasteiger partial charge in [0.15, 0.2) is 0 Å². The van der Waals surface area contributed by atoms with Crippen molar-refractivity contribution in [2.24, 2.45) is 5.92 Å². The normalized spacial score (nSPS) is 15.6. The minimum absolute atomic E-state index is 0.00122. The number of piperidine rings is 1. The molecule has 6 rings (SSSR count). The summed E-state index contributed by atoms with van der Waals surface area (Å²) in [7, 11) is -4.92. The second-order valence-electron chi connectivity index (χ2n) is 11.6. The van der Waals surface area contributed by atoms with E-state index in [1.807, 2.05) is 77.7 Å². The minimum Gasteiger partial charge on any atom is -0.387 e. The number of rotatable bonds is 8. The van der Waals surface area contributed by atoms with Gasteiger partial charge >= 0.3 is 7.60 Å². The fourth-order valence-electron chi connectivity index (χ4n) is 6.35. The van der Waals surface area contributed by atoms with Gasteiger partial charge < -0.3 is 25.1 Å². The van der Waals surface area contributed by atoms with Crippen molar-refractivity contribution in [2.75, 3.05) is 19.6 Å². The summed E-state index contributed by atoms with van der Waals surface area (Å²) < 4.78 is 13.0. The predicted molar refractivity (Wildman–Crippen MR) is 175 cm³/mol. The Labute approximate surface area is 261 Å². The van der Waals surface area contributed by atoms with Crippen LogP contribution >= 0.6 is 7.60 Å². The molecule has 1 heterocycles. The van der Waals surface area contributed by atoms with E-state index in [9.17, 15) is 29.0 Å². The molecule has 0 aromatic heterocycles. The first-order valence-electron chi connectivity index (χ1n) is 15.1. The first-order chi connectivity index (χ1) is 21.7. The summed E-state index contributed by atoms with van der Waals surface area (Å²) in [5.41, 5.74) is -0.316. The number of aliphatic hydroxyl groups excluding tert-OH is 1. The number of likely N-dealkylation sites (tertiary alicyclic amines) is 1. The summed E-state index contributed by atoms with van der Waals surface area (Å²) in [4.78, 5) is 49.6. The molecule has 5 aromatic carbocycles. The molecule has 2 atom stereocenters. The van der Waals surface area contributed by atoms with Crippen molar-refractivity contribution in [2.45, 2.75) is 24.6 Å². The van der Waals surface area contributed by atoms with Gasteiger partial charge in [0.1, 0.15) is 5.66 Å². The Morgan fingerprint density at radius 3 is 2.07 bits per heavy atom. The fraction of sp³-hybridized carbons (Fsp3) is 0.222. The number of hydrogen-bond donors (Lipinski definition) is 4. The van der Waals surface area contributed by atoms with Crippen LogP contribution < -0.4 is 5.32 Å². The molecule has 8 nitrogen and oxygen atoms in total. The van der Waals surface area contributed by atoms with E-state index >= 15 is 0 Å². The van der Waals surface area contributed by atoms with E-state index in [0.717, 1.165) is 29.0 Å². The van der Waals surface area contributed by atoms with Gasteiger partial charge in [0.2, 0.25) is 0 Å². The van der Waals surface area contributed by atoms with Crippen LogP contribution in [-0.4, -0.2) is 51.2 Å². The SMILES string of the molecule is O=C(NCC1CCN(C(=O)c2ccccc2)CC1)c1cc2ccccc2cc1C(O)C(c1cccc2ccccc12)P(=O)(O)O. The second-order valence-corrected chi connectivity index (χ2v) is 13.4. The van der Waals surface area contributed by atoms with Crippen molar-refractivity contribution >= 4 is 41.0 Å². The number of amides is 2. The van der Waals surface area contributed by atoms with Crippen molar-refractivity contribution in [1.82, 2.24) is 10.2 Å². The Balaban J connectivity index is 1.26. The largest absolute Gasteiger partial charge is 0.387 e. The van der Waals surface area contributed by atoms with Crippen LogP contribution in [-0.2, 0) is 4.57 Å². The molecule has 2 unspecified atom stereocenters. The van der Waals surface area contributed by atoms with Gasteiger partial charge in [-0.1, -0.05) is 84.9 Å². The van der Waals surface area contributed by atoms with Gasteiger partial charge in [-0.05, 0) is 75.7 Å². The van der Waals surface area contributed by atoms with Crippen LogP contribution in [0, 0.1) is 5.92 Å². The monoisotopic (exact) mass is 622 g/mol. The van der Waals surface area contributed by atoms with Crippen LogP contribution in [0.1, 0.15) is 56.4 Å². The average molecular weight is 623 g/mol. The average Bonchev–Trinajstić information content (AvgIpc) is 3.06. The first-order valence-corrected chi connectivity index (χ1v) is 16.7. The minimum atomic E-state index is -4.92. The van der Waals surface area contributed by atoms with E-state index in [0.29, 0.717) is 36.1 Å². The lowest BCUT2D eigenvalue weighted by Gasteiger charge is -2.32. The van der Waals surface area contributed by atoms with Gasteiger partial charge in [-0.15, -0.1) is 0 Å². The van der Waals surface area contributed by atoms with Crippen LogP contribution in [0.25, 0.3) is 21.5 Å². The molecule has 5 aromatic rings. The van der Waals surface area contributed by atoms with Crippen molar-refractivity contribution < 1.29 is 29.0 Å². The molecule has 0 radical (unpaired) electrons. The third kappa shape index (κ3) is 6.56. The fourth-order valence-corrected chi connectivity index (χ4v) is 7.46. The topological polar surface area (TPSA) is 127 Å². The maximum Gasteiger partial charge on any atom is 0.335 e. The van der Waals surface area contributed by atoms with Crippen LogP contribution in [0.15, 0.2) is 109 Å². The lowest BCUT2D eigenvalue weighted by molar-refractivity contribution is 0.0684. The zero-order valence-electron chi connectivity index (χ0n) is 24.6. The Morgan fingerprint density at radius 2 is 1.38 bits per heavy atom. The molecule has 45 heavy (non-hydrogen) atoms. The van der Waals surface area contributed by atoms with E-state index in [1.54, 1.807) is 36.4 Å². The number of nitrogens with one attached hydrogen (secondary N) is 1.